The Morgan fingerprint density at radius 1 is 1.36 bits per heavy atom. The summed E-state index contributed by atoms with van der Waals surface area (Å²) in [5.41, 5.74) is 2.99. The van der Waals surface area contributed by atoms with Crippen LogP contribution in [-0.4, -0.2) is 52.2 Å². The average molecular weight is 381 g/mol. The van der Waals surface area contributed by atoms with E-state index in [2.05, 4.69) is 15.7 Å². The normalized spacial score (nSPS) is 17.6. The number of rotatable bonds is 7. The zero-order valence-electron chi connectivity index (χ0n) is 16.4. The molecule has 1 atom stereocenters. The van der Waals surface area contributed by atoms with Gasteiger partial charge in [-0.15, -0.1) is 0 Å². The second kappa shape index (κ2) is 9.32. The van der Waals surface area contributed by atoms with Crippen LogP contribution in [0.5, 0.6) is 0 Å². The van der Waals surface area contributed by atoms with Gasteiger partial charge in [0.1, 0.15) is 0 Å². The van der Waals surface area contributed by atoms with Crippen molar-refractivity contribution >= 4 is 17.9 Å². The molecule has 0 radical (unpaired) electrons. The standard InChI is InChI=1S/C21H27N5O2/c1-16-18(15-25(2)24-16)14-23-20(27)13-19-21(28)22-10-12-26(19)11-6-9-17-7-4-3-5-8-17/h3-9,15,19H,10-14H2,1-2H3,(H,22,28)(H,23,27)/b9-6+/t19-/m1/s1. The summed E-state index contributed by atoms with van der Waals surface area (Å²) >= 11 is 0. The molecule has 1 aliphatic heterocycles. The molecule has 1 fully saturated rings. The Bertz CT molecular complexity index is 844. The molecule has 1 aromatic heterocycles. The summed E-state index contributed by atoms with van der Waals surface area (Å²) in [5.74, 6) is -0.227. The fourth-order valence-electron chi connectivity index (χ4n) is 3.35. The Morgan fingerprint density at radius 3 is 2.86 bits per heavy atom. The molecule has 2 amide bonds. The summed E-state index contributed by atoms with van der Waals surface area (Å²) in [6, 6.07) is 9.57. The molecular weight excluding hydrogens is 354 g/mol. The van der Waals surface area contributed by atoms with Crippen LogP contribution in [0.1, 0.15) is 23.2 Å². The molecular formula is C21H27N5O2. The van der Waals surface area contributed by atoms with Crippen LogP contribution in [0.3, 0.4) is 0 Å². The van der Waals surface area contributed by atoms with E-state index in [9.17, 15) is 9.59 Å². The number of piperazine rings is 1. The molecule has 28 heavy (non-hydrogen) atoms. The van der Waals surface area contributed by atoms with Crippen LogP contribution in [0.25, 0.3) is 6.08 Å². The van der Waals surface area contributed by atoms with Crippen molar-refractivity contribution in [1.29, 1.82) is 0 Å². The van der Waals surface area contributed by atoms with Crippen molar-refractivity contribution in [2.45, 2.75) is 25.9 Å². The maximum absolute atomic E-state index is 12.4. The minimum atomic E-state index is -0.454. The van der Waals surface area contributed by atoms with E-state index >= 15 is 0 Å². The number of carbonyl (C=O) groups excluding carboxylic acids is 2. The molecule has 0 bridgehead atoms. The largest absolute Gasteiger partial charge is 0.353 e. The van der Waals surface area contributed by atoms with E-state index in [0.717, 1.165) is 23.4 Å². The maximum atomic E-state index is 12.4. The Kier molecular flexibility index (Phi) is 6.60. The van der Waals surface area contributed by atoms with Gasteiger partial charge in [-0.05, 0) is 12.5 Å². The molecule has 7 heteroatoms. The number of nitrogens with one attached hydrogen (secondary N) is 2. The van der Waals surface area contributed by atoms with Gasteiger partial charge >= 0.3 is 0 Å². The average Bonchev–Trinajstić information content (AvgIpc) is 3.00. The van der Waals surface area contributed by atoms with Crippen LogP contribution in [0.4, 0.5) is 0 Å². The molecule has 0 spiro atoms. The predicted octanol–water partition coefficient (Wildman–Crippen LogP) is 1.25. The van der Waals surface area contributed by atoms with Crippen molar-refractivity contribution < 1.29 is 9.59 Å². The lowest BCUT2D eigenvalue weighted by molar-refractivity contribution is -0.133. The van der Waals surface area contributed by atoms with Crippen LogP contribution in [-0.2, 0) is 23.2 Å². The van der Waals surface area contributed by atoms with E-state index < -0.39 is 6.04 Å². The molecule has 1 aliphatic rings. The molecule has 3 rings (SSSR count). The van der Waals surface area contributed by atoms with Crippen LogP contribution in [0.2, 0.25) is 0 Å². The summed E-state index contributed by atoms with van der Waals surface area (Å²) in [7, 11) is 1.85. The van der Waals surface area contributed by atoms with Gasteiger partial charge in [0.05, 0.1) is 18.2 Å². The van der Waals surface area contributed by atoms with Crippen molar-refractivity contribution in [3.63, 3.8) is 0 Å². The number of aryl methyl sites for hydroxylation is 2. The van der Waals surface area contributed by atoms with Gasteiger partial charge in [0.2, 0.25) is 11.8 Å². The number of hydrogen-bond acceptors (Lipinski definition) is 4. The monoisotopic (exact) mass is 381 g/mol. The highest BCUT2D eigenvalue weighted by Gasteiger charge is 2.30. The van der Waals surface area contributed by atoms with Crippen molar-refractivity contribution in [3.8, 4) is 0 Å². The van der Waals surface area contributed by atoms with E-state index in [-0.39, 0.29) is 18.2 Å². The summed E-state index contributed by atoms with van der Waals surface area (Å²) in [4.78, 5) is 26.8. The van der Waals surface area contributed by atoms with Gasteiger partial charge in [0.15, 0.2) is 0 Å². The van der Waals surface area contributed by atoms with Crippen molar-refractivity contribution in [3.05, 3.63) is 59.4 Å². The molecule has 2 heterocycles. The third kappa shape index (κ3) is 5.29. The lowest BCUT2D eigenvalue weighted by Gasteiger charge is -2.33. The second-order valence-corrected chi connectivity index (χ2v) is 7.01. The van der Waals surface area contributed by atoms with E-state index in [1.54, 1.807) is 4.68 Å². The van der Waals surface area contributed by atoms with E-state index in [1.165, 1.54) is 0 Å². The molecule has 0 saturated carbocycles. The third-order valence-electron chi connectivity index (χ3n) is 4.86. The van der Waals surface area contributed by atoms with E-state index in [1.807, 2.05) is 67.6 Å². The first-order valence-corrected chi connectivity index (χ1v) is 9.52. The molecule has 148 valence electrons. The number of aromatic nitrogens is 2. The summed E-state index contributed by atoms with van der Waals surface area (Å²) in [6.45, 7) is 4.29. The number of nitrogens with zero attached hydrogens (tertiary/aromatic N) is 3. The lowest BCUT2D eigenvalue weighted by atomic mass is 10.1. The highest BCUT2D eigenvalue weighted by Crippen LogP contribution is 2.11. The number of benzene rings is 1. The third-order valence-corrected chi connectivity index (χ3v) is 4.86. The van der Waals surface area contributed by atoms with Crippen molar-refractivity contribution in [1.82, 2.24) is 25.3 Å². The molecule has 7 nitrogen and oxygen atoms in total. The molecule has 2 N–H and O–H groups in total. The maximum Gasteiger partial charge on any atom is 0.237 e. The van der Waals surface area contributed by atoms with E-state index in [0.29, 0.717) is 19.6 Å². The quantitative estimate of drug-likeness (QED) is 0.757. The van der Waals surface area contributed by atoms with Gasteiger partial charge in [-0.2, -0.15) is 5.10 Å². The van der Waals surface area contributed by atoms with Gasteiger partial charge in [-0.25, -0.2) is 0 Å². The van der Waals surface area contributed by atoms with E-state index in [4.69, 9.17) is 0 Å². The second-order valence-electron chi connectivity index (χ2n) is 7.01. The zero-order chi connectivity index (χ0) is 19.9. The van der Waals surface area contributed by atoms with Gasteiger partial charge < -0.3 is 10.6 Å². The number of hydrogen-bond donors (Lipinski definition) is 2. The lowest BCUT2D eigenvalue weighted by Crippen LogP contribution is -2.56. The first-order chi connectivity index (χ1) is 13.5. The topological polar surface area (TPSA) is 79.3 Å². The molecule has 2 aromatic rings. The Morgan fingerprint density at radius 2 is 2.14 bits per heavy atom. The summed E-state index contributed by atoms with van der Waals surface area (Å²) in [6.07, 6.45) is 6.11. The molecule has 0 unspecified atom stereocenters. The van der Waals surface area contributed by atoms with Gasteiger partial charge in [-0.3, -0.25) is 19.2 Å². The minimum absolute atomic E-state index is 0.0907. The van der Waals surface area contributed by atoms with Crippen LogP contribution in [0, 0.1) is 6.92 Å². The van der Waals surface area contributed by atoms with Gasteiger partial charge in [-0.1, -0.05) is 42.5 Å². The summed E-state index contributed by atoms with van der Waals surface area (Å²) < 4.78 is 1.73. The molecule has 1 aromatic carbocycles. The Labute approximate surface area is 165 Å². The zero-order valence-corrected chi connectivity index (χ0v) is 16.4. The first-order valence-electron chi connectivity index (χ1n) is 9.52. The van der Waals surface area contributed by atoms with Crippen molar-refractivity contribution in [2.75, 3.05) is 19.6 Å². The van der Waals surface area contributed by atoms with Crippen LogP contribution in [0.15, 0.2) is 42.6 Å². The molecule has 0 aliphatic carbocycles. The smallest absolute Gasteiger partial charge is 0.237 e. The number of amides is 2. The van der Waals surface area contributed by atoms with Gasteiger partial charge in [0.25, 0.3) is 0 Å². The number of carbonyl (C=O) groups is 2. The molecule has 1 saturated heterocycles. The minimum Gasteiger partial charge on any atom is -0.353 e. The fourth-order valence-corrected chi connectivity index (χ4v) is 3.35. The van der Waals surface area contributed by atoms with Crippen LogP contribution >= 0.6 is 0 Å². The predicted molar refractivity (Wildman–Crippen MR) is 108 cm³/mol. The first kappa shape index (κ1) is 19.8. The van der Waals surface area contributed by atoms with Gasteiger partial charge in [0, 0.05) is 45.0 Å². The highest BCUT2D eigenvalue weighted by molar-refractivity contribution is 5.88. The Hall–Kier alpha value is -2.93. The highest BCUT2D eigenvalue weighted by atomic mass is 16.2. The van der Waals surface area contributed by atoms with Crippen LogP contribution < -0.4 is 10.6 Å². The summed E-state index contributed by atoms with van der Waals surface area (Å²) in [5, 5.41) is 10.0. The SMILES string of the molecule is Cc1nn(C)cc1CNC(=O)C[C@@H]1C(=O)NCCN1C/C=C/c1ccccc1. The van der Waals surface area contributed by atoms with Crippen molar-refractivity contribution in [2.24, 2.45) is 7.05 Å². The Balaban J connectivity index is 1.55. The fraction of sp³-hybridized carbons (Fsp3) is 0.381.